The summed E-state index contributed by atoms with van der Waals surface area (Å²) < 4.78 is 0. The summed E-state index contributed by atoms with van der Waals surface area (Å²) in [6.45, 7) is 0. The van der Waals surface area contributed by atoms with Crippen LogP contribution in [0.4, 0.5) is 17.1 Å². The van der Waals surface area contributed by atoms with Gasteiger partial charge in [-0.15, -0.1) is 0 Å². The highest BCUT2D eigenvalue weighted by atomic mass is 16.6. The van der Waals surface area contributed by atoms with Gasteiger partial charge in [0.05, 0.1) is 26.9 Å². The van der Waals surface area contributed by atoms with Crippen molar-refractivity contribution in [1.29, 1.82) is 0 Å². The third-order valence-electron chi connectivity index (χ3n) is 3.43. The molecule has 3 rings (SSSR count). The molecule has 0 atom stereocenters. The van der Waals surface area contributed by atoms with Gasteiger partial charge in [0.25, 0.3) is 11.4 Å². The normalized spacial score (nSPS) is 11.7. The van der Waals surface area contributed by atoms with Gasteiger partial charge in [-0.1, -0.05) is 18.2 Å². The van der Waals surface area contributed by atoms with Gasteiger partial charge < -0.3 is 5.11 Å². The van der Waals surface area contributed by atoms with E-state index in [2.05, 4.69) is 23.2 Å². The first kappa shape index (κ1) is 18.4. The molecule has 0 unspecified atom stereocenters. The van der Waals surface area contributed by atoms with E-state index in [0.29, 0.717) is 12.1 Å². The van der Waals surface area contributed by atoms with E-state index >= 15 is 0 Å². The fourth-order valence-electron chi connectivity index (χ4n) is 2.21. The van der Waals surface area contributed by atoms with Crippen LogP contribution >= 0.6 is 0 Å². The molecule has 134 valence electrons. The van der Waals surface area contributed by atoms with Gasteiger partial charge in [-0.05, 0) is 24.5 Å². The Balaban J connectivity index is 0.000000206. The van der Waals surface area contributed by atoms with Crippen LogP contribution in [0.5, 0.6) is 5.75 Å². The van der Waals surface area contributed by atoms with Crippen molar-refractivity contribution in [3.05, 3.63) is 78.1 Å². The van der Waals surface area contributed by atoms with Crippen molar-refractivity contribution < 1.29 is 19.9 Å². The molecule has 1 aliphatic carbocycles. The molecule has 2 aromatic rings. The summed E-state index contributed by atoms with van der Waals surface area (Å²) in [6, 6.07) is 4.98. The molecule has 0 amide bonds. The number of benzene rings is 1. The quantitative estimate of drug-likeness (QED) is 0.644. The fraction of sp³-hybridized carbons (Fsp3) is 0.133. The van der Waals surface area contributed by atoms with E-state index in [0.717, 1.165) is 12.8 Å². The van der Waals surface area contributed by atoms with Crippen molar-refractivity contribution in [3.8, 4) is 5.75 Å². The second kappa shape index (κ2) is 7.79. The summed E-state index contributed by atoms with van der Waals surface area (Å²) in [7, 11) is 0. The first-order valence-corrected chi connectivity index (χ1v) is 7.22. The number of nitro groups is 3. The molecule has 0 bridgehead atoms. The monoisotopic (exact) mass is 360 g/mol. The zero-order valence-corrected chi connectivity index (χ0v) is 13.1. The average molecular weight is 360 g/mol. The number of allylic oxidation sites excluding steroid dienone is 1. The van der Waals surface area contributed by atoms with Crippen LogP contribution in [-0.4, -0.2) is 24.9 Å². The lowest BCUT2D eigenvalue weighted by Gasteiger charge is -2.06. The van der Waals surface area contributed by atoms with Gasteiger partial charge in [0.15, 0.2) is 0 Å². The molecule has 0 radical (unpaired) electrons. The van der Waals surface area contributed by atoms with Crippen LogP contribution in [0, 0.1) is 30.3 Å². The lowest BCUT2D eigenvalue weighted by atomic mass is 10.0. The summed E-state index contributed by atoms with van der Waals surface area (Å²) in [6.07, 6.45) is 8.45. The maximum absolute atomic E-state index is 10.4. The Bertz CT molecular complexity index is 876. The Labute approximate surface area is 145 Å². The molecule has 0 saturated carbocycles. The van der Waals surface area contributed by atoms with E-state index in [1.165, 1.54) is 11.3 Å². The number of hydrogen-bond donors (Lipinski definition) is 1. The van der Waals surface area contributed by atoms with Gasteiger partial charge in [0.1, 0.15) is 0 Å². The first-order chi connectivity index (χ1) is 12.3. The van der Waals surface area contributed by atoms with Gasteiger partial charge in [-0.25, -0.2) is 0 Å². The van der Waals surface area contributed by atoms with Gasteiger partial charge in [0, 0.05) is 11.9 Å². The number of non-ortho nitro benzene ring substituents is 1. The van der Waals surface area contributed by atoms with Crippen molar-refractivity contribution in [3.63, 3.8) is 0 Å². The molecule has 11 heteroatoms. The summed E-state index contributed by atoms with van der Waals surface area (Å²) in [5.41, 5.74) is -0.475. The van der Waals surface area contributed by atoms with Crippen LogP contribution in [0.25, 0.3) is 6.08 Å². The molecular formula is C15H12N4O7. The van der Waals surface area contributed by atoms with Crippen LogP contribution in [0.15, 0.2) is 36.5 Å². The number of pyridine rings is 1. The summed E-state index contributed by atoms with van der Waals surface area (Å²) in [4.78, 5) is 32.0. The highest BCUT2D eigenvalue weighted by molar-refractivity contribution is 5.64. The van der Waals surface area contributed by atoms with E-state index in [1.54, 1.807) is 0 Å². The Morgan fingerprint density at radius 3 is 2.12 bits per heavy atom. The van der Waals surface area contributed by atoms with E-state index < -0.39 is 37.6 Å². The largest absolute Gasteiger partial charge is 0.497 e. The molecule has 0 saturated heterocycles. The number of aromatic hydroxyl groups is 1. The third-order valence-corrected chi connectivity index (χ3v) is 3.43. The minimum Gasteiger partial charge on any atom is -0.497 e. The lowest BCUT2D eigenvalue weighted by Crippen LogP contribution is -1.97. The zero-order valence-electron chi connectivity index (χ0n) is 13.1. The Morgan fingerprint density at radius 1 is 1.00 bits per heavy atom. The number of phenols is 1. The van der Waals surface area contributed by atoms with Gasteiger partial charge in [-0.2, -0.15) is 0 Å². The Morgan fingerprint density at radius 2 is 1.62 bits per heavy atom. The van der Waals surface area contributed by atoms with Gasteiger partial charge >= 0.3 is 11.4 Å². The third kappa shape index (κ3) is 4.14. The first-order valence-electron chi connectivity index (χ1n) is 7.22. The maximum atomic E-state index is 10.4. The molecule has 1 aliphatic rings. The van der Waals surface area contributed by atoms with Crippen molar-refractivity contribution >= 4 is 23.1 Å². The molecule has 1 heterocycles. The lowest BCUT2D eigenvalue weighted by molar-refractivity contribution is -0.404. The zero-order chi connectivity index (χ0) is 19.3. The molecular weight excluding hydrogens is 348 g/mol. The Kier molecular flexibility index (Phi) is 5.53. The number of aryl methyl sites for hydroxylation is 1. The van der Waals surface area contributed by atoms with Crippen LogP contribution < -0.4 is 0 Å². The number of nitrogens with zero attached hydrogens (tertiary/aromatic N) is 4. The van der Waals surface area contributed by atoms with E-state index in [4.69, 9.17) is 5.11 Å². The molecule has 1 aromatic heterocycles. The standard InChI is InChI=1S/C9H9N.C6H3N3O7/c1-2-6-9-8(4-1)5-3-7-10-9;10-6-4(8(13)14)1-3(7(11)12)2-5(6)9(15)16/h1,3-5,7H,2,6H2;1-2,10H. The minimum atomic E-state index is -1.21. The Hall–Kier alpha value is -3.89. The van der Waals surface area contributed by atoms with Gasteiger partial charge in [0.2, 0.25) is 0 Å². The van der Waals surface area contributed by atoms with E-state index in [-0.39, 0.29) is 0 Å². The molecule has 1 aromatic carbocycles. The number of phenolic OH excluding ortho intramolecular Hbond substituents is 1. The van der Waals surface area contributed by atoms with Crippen LogP contribution in [0.2, 0.25) is 0 Å². The van der Waals surface area contributed by atoms with E-state index in [1.807, 2.05) is 12.3 Å². The van der Waals surface area contributed by atoms with Crippen molar-refractivity contribution in [1.82, 2.24) is 4.98 Å². The second-order valence-electron chi connectivity index (χ2n) is 5.08. The summed E-state index contributed by atoms with van der Waals surface area (Å²) in [5.74, 6) is -1.21. The van der Waals surface area contributed by atoms with Crippen LogP contribution in [-0.2, 0) is 6.42 Å². The number of aromatic nitrogens is 1. The highest BCUT2D eigenvalue weighted by Gasteiger charge is 2.30. The molecule has 1 N–H and O–H groups in total. The van der Waals surface area contributed by atoms with Crippen LogP contribution in [0.1, 0.15) is 17.7 Å². The SMILES string of the molecule is C1=Cc2cccnc2CC1.O=[N+]([O-])c1cc([N+](=O)[O-])c(O)c([N+](=O)[O-])c1. The summed E-state index contributed by atoms with van der Waals surface area (Å²) in [5, 5.41) is 40.2. The fourth-order valence-corrected chi connectivity index (χ4v) is 2.21. The average Bonchev–Trinajstić information content (AvgIpc) is 2.61. The van der Waals surface area contributed by atoms with Crippen LogP contribution in [0.3, 0.4) is 0 Å². The number of rotatable bonds is 3. The van der Waals surface area contributed by atoms with E-state index in [9.17, 15) is 30.3 Å². The second-order valence-corrected chi connectivity index (χ2v) is 5.08. The maximum Gasteiger partial charge on any atom is 0.324 e. The van der Waals surface area contributed by atoms with Crippen molar-refractivity contribution in [2.45, 2.75) is 12.8 Å². The molecule has 0 spiro atoms. The minimum absolute atomic E-state index is 0.447. The number of fused-ring (bicyclic) bond motifs is 1. The number of hydrogen-bond acceptors (Lipinski definition) is 8. The summed E-state index contributed by atoms with van der Waals surface area (Å²) >= 11 is 0. The molecule has 0 aliphatic heterocycles. The highest BCUT2D eigenvalue weighted by Crippen LogP contribution is 2.38. The van der Waals surface area contributed by atoms with Crippen molar-refractivity contribution in [2.75, 3.05) is 0 Å². The van der Waals surface area contributed by atoms with Crippen molar-refractivity contribution in [2.24, 2.45) is 0 Å². The predicted molar refractivity (Wildman–Crippen MR) is 89.7 cm³/mol. The number of nitro benzene ring substituents is 3. The topological polar surface area (TPSA) is 163 Å². The predicted octanol–water partition coefficient (Wildman–Crippen LogP) is 3.16. The molecule has 0 fully saturated rings. The van der Waals surface area contributed by atoms with Gasteiger partial charge in [-0.3, -0.25) is 35.3 Å². The molecule has 26 heavy (non-hydrogen) atoms. The smallest absolute Gasteiger partial charge is 0.324 e. The molecule has 11 nitrogen and oxygen atoms in total.